The SMILES string of the molecule is C[C@@H]1Nc2ccccc2C1=CN=NC(=O)c1n[nH]c2c1CCCC2. The number of aromatic amines is 1. The summed E-state index contributed by atoms with van der Waals surface area (Å²) in [6.07, 6.45) is 5.74. The molecule has 2 aliphatic rings. The minimum absolute atomic E-state index is 0.148. The van der Waals surface area contributed by atoms with Gasteiger partial charge < -0.3 is 5.32 Å². The van der Waals surface area contributed by atoms with Gasteiger partial charge in [0.2, 0.25) is 0 Å². The van der Waals surface area contributed by atoms with Gasteiger partial charge in [-0.05, 0) is 38.7 Å². The van der Waals surface area contributed by atoms with Crippen molar-refractivity contribution in [2.75, 3.05) is 5.32 Å². The number of carbonyl (C=O) groups is 1. The predicted octanol–water partition coefficient (Wildman–Crippen LogP) is 3.74. The molecule has 1 aromatic heterocycles. The lowest BCUT2D eigenvalue weighted by atomic mass is 9.96. The smallest absolute Gasteiger partial charge is 0.316 e. The second-order valence-corrected chi connectivity index (χ2v) is 6.25. The molecule has 1 amide bonds. The Bertz CT molecular complexity index is 849. The summed E-state index contributed by atoms with van der Waals surface area (Å²) >= 11 is 0. The number of hydrogen-bond donors (Lipinski definition) is 2. The number of H-pyrrole nitrogens is 1. The van der Waals surface area contributed by atoms with Crippen molar-refractivity contribution in [3.63, 3.8) is 0 Å². The Labute approximate surface area is 140 Å². The van der Waals surface area contributed by atoms with Gasteiger partial charge in [-0.25, -0.2) is 0 Å². The number of hydrogen-bond acceptors (Lipinski definition) is 4. The monoisotopic (exact) mass is 321 g/mol. The van der Waals surface area contributed by atoms with Crippen LogP contribution in [0.3, 0.4) is 0 Å². The lowest BCUT2D eigenvalue weighted by molar-refractivity contribution is 0.0989. The molecule has 1 atom stereocenters. The maximum atomic E-state index is 12.3. The molecule has 0 saturated heterocycles. The van der Waals surface area contributed by atoms with Crippen molar-refractivity contribution in [3.05, 3.63) is 53.0 Å². The molecule has 0 saturated carbocycles. The summed E-state index contributed by atoms with van der Waals surface area (Å²) in [6.45, 7) is 2.06. The van der Waals surface area contributed by atoms with E-state index < -0.39 is 0 Å². The molecular weight excluding hydrogens is 302 g/mol. The van der Waals surface area contributed by atoms with Gasteiger partial charge in [-0.1, -0.05) is 18.2 Å². The van der Waals surface area contributed by atoms with Gasteiger partial charge in [-0.2, -0.15) is 10.2 Å². The molecule has 1 aromatic carbocycles. The molecule has 0 radical (unpaired) electrons. The highest BCUT2D eigenvalue weighted by atomic mass is 16.2. The molecule has 1 aliphatic heterocycles. The van der Waals surface area contributed by atoms with Gasteiger partial charge in [-0.3, -0.25) is 9.89 Å². The number of azo groups is 1. The predicted molar refractivity (Wildman–Crippen MR) is 91.9 cm³/mol. The molecule has 122 valence electrons. The van der Waals surface area contributed by atoms with E-state index in [1.54, 1.807) is 6.20 Å². The van der Waals surface area contributed by atoms with E-state index in [-0.39, 0.29) is 11.9 Å². The summed E-state index contributed by atoms with van der Waals surface area (Å²) in [6, 6.07) is 8.21. The molecule has 2 aromatic rings. The van der Waals surface area contributed by atoms with Crippen molar-refractivity contribution in [2.45, 2.75) is 38.6 Å². The summed E-state index contributed by atoms with van der Waals surface area (Å²) in [5.74, 6) is -0.377. The van der Waals surface area contributed by atoms with Crippen LogP contribution in [0.5, 0.6) is 0 Å². The molecular formula is C18H19N5O. The molecule has 4 rings (SSSR count). The Morgan fingerprint density at radius 3 is 3.04 bits per heavy atom. The van der Waals surface area contributed by atoms with Crippen LogP contribution in [-0.2, 0) is 12.8 Å². The van der Waals surface area contributed by atoms with E-state index >= 15 is 0 Å². The van der Waals surface area contributed by atoms with Gasteiger partial charge in [0, 0.05) is 28.1 Å². The van der Waals surface area contributed by atoms with Crippen molar-refractivity contribution in [3.8, 4) is 0 Å². The minimum atomic E-state index is -0.377. The molecule has 0 unspecified atom stereocenters. The summed E-state index contributed by atoms with van der Waals surface area (Å²) in [5.41, 5.74) is 5.73. The zero-order valence-corrected chi connectivity index (χ0v) is 13.5. The fourth-order valence-corrected chi connectivity index (χ4v) is 3.43. The third-order valence-electron chi connectivity index (χ3n) is 4.68. The van der Waals surface area contributed by atoms with E-state index in [0.717, 1.165) is 53.8 Å². The van der Waals surface area contributed by atoms with Crippen LogP contribution in [0.2, 0.25) is 0 Å². The average Bonchev–Trinajstić information content (AvgIpc) is 3.16. The summed E-state index contributed by atoms with van der Waals surface area (Å²) < 4.78 is 0. The van der Waals surface area contributed by atoms with Crippen LogP contribution in [-0.4, -0.2) is 22.1 Å². The normalized spacial score (nSPS) is 20.9. The first-order valence-corrected chi connectivity index (χ1v) is 8.31. The zero-order valence-electron chi connectivity index (χ0n) is 13.5. The molecule has 6 nitrogen and oxygen atoms in total. The van der Waals surface area contributed by atoms with E-state index in [2.05, 4.69) is 32.7 Å². The van der Waals surface area contributed by atoms with Gasteiger partial charge in [0.15, 0.2) is 5.69 Å². The first-order chi connectivity index (χ1) is 11.7. The number of aryl methyl sites for hydroxylation is 1. The molecule has 2 heterocycles. The number of carbonyl (C=O) groups excluding carboxylic acids is 1. The third-order valence-corrected chi connectivity index (χ3v) is 4.68. The van der Waals surface area contributed by atoms with Crippen LogP contribution in [0.15, 0.2) is 40.7 Å². The number of anilines is 1. The minimum Gasteiger partial charge on any atom is -0.378 e. The van der Waals surface area contributed by atoms with Crippen molar-refractivity contribution >= 4 is 17.2 Å². The second-order valence-electron chi connectivity index (χ2n) is 6.25. The van der Waals surface area contributed by atoms with Crippen molar-refractivity contribution in [1.82, 2.24) is 10.2 Å². The van der Waals surface area contributed by atoms with Crippen molar-refractivity contribution < 1.29 is 4.79 Å². The topological polar surface area (TPSA) is 82.5 Å². The van der Waals surface area contributed by atoms with Crippen LogP contribution in [0.4, 0.5) is 5.69 Å². The number of para-hydroxylation sites is 1. The number of rotatable bonds is 2. The van der Waals surface area contributed by atoms with E-state index in [1.165, 1.54) is 0 Å². The van der Waals surface area contributed by atoms with Gasteiger partial charge in [0.1, 0.15) is 0 Å². The van der Waals surface area contributed by atoms with E-state index in [0.29, 0.717) is 5.69 Å². The Kier molecular flexibility index (Phi) is 3.72. The number of aromatic nitrogens is 2. The lowest BCUT2D eigenvalue weighted by Gasteiger charge is -2.09. The Morgan fingerprint density at radius 2 is 2.12 bits per heavy atom. The number of fused-ring (bicyclic) bond motifs is 2. The molecule has 1 aliphatic carbocycles. The number of nitrogens with zero attached hydrogens (tertiary/aromatic N) is 3. The first-order valence-electron chi connectivity index (χ1n) is 8.31. The number of nitrogens with one attached hydrogen (secondary N) is 2. The molecule has 6 heteroatoms. The van der Waals surface area contributed by atoms with Gasteiger partial charge in [0.05, 0.1) is 12.2 Å². The zero-order chi connectivity index (χ0) is 16.5. The van der Waals surface area contributed by atoms with Gasteiger partial charge >= 0.3 is 5.91 Å². The molecule has 0 fully saturated rings. The van der Waals surface area contributed by atoms with Crippen LogP contribution in [0, 0.1) is 0 Å². The fraction of sp³-hybridized carbons (Fsp3) is 0.333. The Balaban J connectivity index is 1.55. The highest BCUT2D eigenvalue weighted by molar-refractivity contribution is 5.94. The largest absolute Gasteiger partial charge is 0.378 e. The van der Waals surface area contributed by atoms with Crippen LogP contribution in [0.1, 0.15) is 47.1 Å². The number of benzene rings is 1. The highest BCUT2D eigenvalue weighted by Gasteiger charge is 2.23. The Hall–Kier alpha value is -2.76. The summed E-state index contributed by atoms with van der Waals surface area (Å²) in [5, 5.41) is 18.4. The van der Waals surface area contributed by atoms with Crippen LogP contribution >= 0.6 is 0 Å². The highest BCUT2D eigenvalue weighted by Crippen LogP contribution is 2.34. The van der Waals surface area contributed by atoms with E-state index in [9.17, 15) is 4.79 Å². The second kappa shape index (κ2) is 6.03. The number of amides is 1. The van der Waals surface area contributed by atoms with Crippen LogP contribution < -0.4 is 5.32 Å². The molecule has 2 N–H and O–H groups in total. The van der Waals surface area contributed by atoms with Crippen molar-refractivity contribution in [1.29, 1.82) is 0 Å². The third kappa shape index (κ3) is 2.54. The van der Waals surface area contributed by atoms with E-state index in [1.807, 2.05) is 24.3 Å². The summed E-state index contributed by atoms with van der Waals surface area (Å²) in [4.78, 5) is 12.3. The quantitative estimate of drug-likeness (QED) is 0.827. The maximum Gasteiger partial charge on any atom is 0.316 e. The maximum absolute atomic E-state index is 12.3. The van der Waals surface area contributed by atoms with Gasteiger partial charge in [0.25, 0.3) is 0 Å². The molecule has 0 spiro atoms. The molecule has 0 bridgehead atoms. The Morgan fingerprint density at radius 1 is 1.29 bits per heavy atom. The van der Waals surface area contributed by atoms with Gasteiger partial charge in [-0.15, -0.1) is 5.11 Å². The first kappa shape index (κ1) is 14.8. The lowest BCUT2D eigenvalue weighted by Crippen LogP contribution is -2.08. The van der Waals surface area contributed by atoms with Crippen LogP contribution in [0.25, 0.3) is 5.57 Å². The van der Waals surface area contributed by atoms with Crippen molar-refractivity contribution in [2.24, 2.45) is 10.2 Å². The molecule has 24 heavy (non-hydrogen) atoms. The standard InChI is InChI=1S/C18H19N5O/c1-11-14(12-6-2-4-8-15(12)20-11)10-19-23-18(24)17-13-7-3-5-9-16(13)21-22-17/h2,4,6,8,10-11,20H,3,5,7,9H2,1H3,(H,21,22)/t11-/m0/s1. The average molecular weight is 321 g/mol. The van der Waals surface area contributed by atoms with E-state index in [4.69, 9.17) is 0 Å². The fourth-order valence-electron chi connectivity index (χ4n) is 3.43. The summed E-state index contributed by atoms with van der Waals surface area (Å²) in [7, 11) is 0.